The summed E-state index contributed by atoms with van der Waals surface area (Å²) in [6.45, 7) is 5.00. The van der Waals surface area contributed by atoms with E-state index in [-0.39, 0.29) is 22.2 Å². The highest BCUT2D eigenvalue weighted by Gasteiger charge is 2.20. The Morgan fingerprint density at radius 3 is 2.21 bits per heavy atom. The van der Waals surface area contributed by atoms with Gasteiger partial charge in [0.05, 0.1) is 9.82 Å². The zero-order valence-corrected chi connectivity index (χ0v) is 16.6. The summed E-state index contributed by atoms with van der Waals surface area (Å²) in [4.78, 5) is 24.5. The number of rotatable bonds is 8. The molecule has 2 aromatic carbocycles. The number of nitro benzene ring substituents is 1. The van der Waals surface area contributed by atoms with Crippen molar-refractivity contribution in [3.63, 3.8) is 0 Å². The predicted molar refractivity (Wildman–Crippen MR) is 106 cm³/mol. The summed E-state index contributed by atoms with van der Waals surface area (Å²) in [5, 5.41) is 14.3. The third-order valence-electron chi connectivity index (χ3n) is 4.21. The first-order chi connectivity index (χ1) is 13.2. The molecule has 2 rings (SSSR count). The number of amides is 1. The predicted octanol–water partition coefficient (Wildman–Crippen LogP) is 2.73. The monoisotopic (exact) mass is 406 g/mol. The van der Waals surface area contributed by atoms with Crippen LogP contribution in [0.3, 0.4) is 0 Å². The van der Waals surface area contributed by atoms with E-state index in [0.29, 0.717) is 24.3 Å². The van der Waals surface area contributed by atoms with Crippen molar-refractivity contribution < 1.29 is 18.1 Å². The molecule has 0 aliphatic rings. The van der Waals surface area contributed by atoms with Crippen LogP contribution in [0.1, 0.15) is 24.2 Å². The molecule has 0 aromatic heterocycles. The Morgan fingerprint density at radius 2 is 1.71 bits per heavy atom. The van der Waals surface area contributed by atoms with Gasteiger partial charge in [-0.3, -0.25) is 14.9 Å². The molecule has 0 unspecified atom stereocenters. The first-order valence-electron chi connectivity index (χ1n) is 8.61. The Hall–Kier alpha value is -2.98. The van der Waals surface area contributed by atoms with E-state index in [1.54, 1.807) is 29.2 Å². The summed E-state index contributed by atoms with van der Waals surface area (Å²) < 4.78 is 25.8. The number of hydrogen-bond donors (Lipinski definition) is 2. The maximum Gasteiger partial charge on any atom is 0.294 e. The van der Waals surface area contributed by atoms with Crippen molar-refractivity contribution in [2.24, 2.45) is 0 Å². The summed E-state index contributed by atoms with van der Waals surface area (Å²) in [6, 6.07) is 10.1. The second kappa shape index (κ2) is 8.81. The van der Waals surface area contributed by atoms with Crippen LogP contribution in [-0.2, 0) is 10.0 Å². The second-order valence-electron chi connectivity index (χ2n) is 5.82. The molecule has 9 nitrogen and oxygen atoms in total. The quantitative estimate of drug-likeness (QED) is 0.513. The molecule has 0 saturated carbocycles. The van der Waals surface area contributed by atoms with Gasteiger partial charge in [0.15, 0.2) is 0 Å². The molecule has 0 bridgehead atoms. The van der Waals surface area contributed by atoms with Crippen LogP contribution in [0.5, 0.6) is 0 Å². The Balaban J connectivity index is 2.30. The molecule has 10 heteroatoms. The van der Waals surface area contributed by atoms with E-state index < -0.39 is 14.9 Å². The number of anilines is 2. The van der Waals surface area contributed by atoms with Crippen molar-refractivity contribution in [1.82, 2.24) is 9.62 Å². The Kier molecular flexibility index (Phi) is 6.71. The summed E-state index contributed by atoms with van der Waals surface area (Å²) in [7, 11) is -2.57. The molecular formula is C18H22N4O5S. The van der Waals surface area contributed by atoms with Gasteiger partial charge in [-0.05, 0) is 57.3 Å². The topological polar surface area (TPSA) is 122 Å². The molecule has 0 saturated heterocycles. The van der Waals surface area contributed by atoms with E-state index in [2.05, 4.69) is 10.0 Å². The third-order valence-corrected chi connectivity index (χ3v) is 5.62. The molecule has 2 aromatic rings. The molecule has 150 valence electrons. The van der Waals surface area contributed by atoms with E-state index in [4.69, 9.17) is 0 Å². The minimum absolute atomic E-state index is 0.0934. The number of carbonyl (C=O) groups is 1. The average molecular weight is 406 g/mol. The van der Waals surface area contributed by atoms with Crippen LogP contribution in [0.2, 0.25) is 0 Å². The second-order valence-corrected chi connectivity index (χ2v) is 7.71. The first kappa shape index (κ1) is 21.3. The Labute approximate surface area is 163 Å². The number of nitrogens with one attached hydrogen (secondary N) is 2. The van der Waals surface area contributed by atoms with E-state index in [0.717, 1.165) is 6.07 Å². The molecular weight excluding hydrogens is 384 g/mol. The van der Waals surface area contributed by atoms with Crippen molar-refractivity contribution in [2.45, 2.75) is 18.7 Å². The normalized spacial score (nSPS) is 11.1. The fraction of sp³-hybridized carbons (Fsp3) is 0.278. The van der Waals surface area contributed by atoms with Crippen molar-refractivity contribution in [3.05, 3.63) is 58.1 Å². The lowest BCUT2D eigenvalue weighted by molar-refractivity contribution is -0.384. The number of carbonyl (C=O) groups excluding carboxylic acids is 1. The minimum Gasteiger partial charge on any atom is -0.350 e. The largest absolute Gasteiger partial charge is 0.350 e. The molecule has 0 aliphatic carbocycles. The van der Waals surface area contributed by atoms with E-state index in [1.165, 1.54) is 19.2 Å². The van der Waals surface area contributed by atoms with Gasteiger partial charge in [-0.1, -0.05) is 0 Å². The maximum atomic E-state index is 12.3. The molecule has 0 fully saturated rings. The van der Waals surface area contributed by atoms with Gasteiger partial charge in [0, 0.05) is 30.4 Å². The van der Waals surface area contributed by atoms with Crippen LogP contribution in [-0.4, -0.2) is 44.3 Å². The number of benzene rings is 2. The summed E-state index contributed by atoms with van der Waals surface area (Å²) in [6.07, 6.45) is 0. The fourth-order valence-corrected chi connectivity index (χ4v) is 3.35. The van der Waals surface area contributed by atoms with Gasteiger partial charge in [0.1, 0.15) is 5.69 Å². The lowest BCUT2D eigenvalue weighted by Crippen LogP contribution is -2.30. The standard InChI is InChI=1S/C18H22N4O5S/c1-4-21(5-2)18(23)13-6-8-14(9-7-13)20-16-11-10-15(28(26,27)19-3)12-17(16)22(24)25/h6-12,19-20H,4-5H2,1-3H3. The summed E-state index contributed by atoms with van der Waals surface area (Å²) in [5.74, 6) is -0.0934. The molecule has 0 spiro atoms. The molecule has 28 heavy (non-hydrogen) atoms. The zero-order chi connectivity index (χ0) is 20.9. The average Bonchev–Trinajstić information content (AvgIpc) is 2.69. The zero-order valence-electron chi connectivity index (χ0n) is 15.8. The third kappa shape index (κ3) is 4.65. The van der Waals surface area contributed by atoms with Crippen molar-refractivity contribution in [3.8, 4) is 0 Å². The number of nitrogens with zero attached hydrogens (tertiary/aromatic N) is 2. The molecule has 0 aliphatic heterocycles. The van der Waals surface area contributed by atoms with Crippen LogP contribution in [0.15, 0.2) is 47.4 Å². The number of hydrogen-bond acceptors (Lipinski definition) is 6. The molecule has 2 N–H and O–H groups in total. The van der Waals surface area contributed by atoms with Gasteiger partial charge < -0.3 is 10.2 Å². The van der Waals surface area contributed by atoms with E-state index in [1.807, 2.05) is 13.8 Å². The Bertz CT molecular complexity index is 970. The van der Waals surface area contributed by atoms with E-state index >= 15 is 0 Å². The van der Waals surface area contributed by atoms with E-state index in [9.17, 15) is 23.3 Å². The van der Waals surface area contributed by atoms with Crippen LogP contribution in [0.25, 0.3) is 0 Å². The van der Waals surface area contributed by atoms with Gasteiger partial charge in [0.2, 0.25) is 10.0 Å². The SMILES string of the molecule is CCN(CC)C(=O)c1ccc(Nc2ccc(S(=O)(=O)NC)cc2[N+](=O)[O-])cc1. The van der Waals surface area contributed by atoms with Gasteiger partial charge in [-0.25, -0.2) is 13.1 Å². The highest BCUT2D eigenvalue weighted by Crippen LogP contribution is 2.30. The summed E-state index contributed by atoms with van der Waals surface area (Å²) >= 11 is 0. The first-order valence-corrected chi connectivity index (χ1v) is 10.1. The van der Waals surface area contributed by atoms with Crippen molar-refractivity contribution in [1.29, 1.82) is 0 Å². The van der Waals surface area contributed by atoms with Gasteiger partial charge in [0.25, 0.3) is 11.6 Å². The lowest BCUT2D eigenvalue weighted by atomic mass is 10.1. The fourth-order valence-electron chi connectivity index (χ4n) is 2.60. The van der Waals surface area contributed by atoms with Gasteiger partial charge in [-0.15, -0.1) is 0 Å². The highest BCUT2D eigenvalue weighted by atomic mass is 32.2. The van der Waals surface area contributed by atoms with Crippen LogP contribution in [0, 0.1) is 10.1 Å². The van der Waals surface area contributed by atoms with Crippen molar-refractivity contribution >= 4 is 33.0 Å². The minimum atomic E-state index is -3.80. The lowest BCUT2D eigenvalue weighted by Gasteiger charge is -2.18. The molecule has 0 radical (unpaired) electrons. The Morgan fingerprint density at radius 1 is 1.11 bits per heavy atom. The van der Waals surface area contributed by atoms with Crippen LogP contribution >= 0.6 is 0 Å². The molecule has 1 amide bonds. The van der Waals surface area contributed by atoms with Gasteiger partial charge >= 0.3 is 0 Å². The van der Waals surface area contributed by atoms with Crippen LogP contribution in [0.4, 0.5) is 17.1 Å². The number of sulfonamides is 1. The molecule has 0 atom stereocenters. The van der Waals surface area contributed by atoms with Gasteiger partial charge in [-0.2, -0.15) is 0 Å². The smallest absolute Gasteiger partial charge is 0.294 e. The maximum absolute atomic E-state index is 12.3. The van der Waals surface area contributed by atoms with Crippen LogP contribution < -0.4 is 10.0 Å². The number of nitro groups is 1. The van der Waals surface area contributed by atoms with Crippen molar-refractivity contribution in [2.75, 3.05) is 25.5 Å². The highest BCUT2D eigenvalue weighted by molar-refractivity contribution is 7.89. The summed E-state index contributed by atoms with van der Waals surface area (Å²) in [5.41, 5.74) is 0.810. The molecule has 0 heterocycles.